The van der Waals surface area contributed by atoms with E-state index >= 15 is 0 Å². The molecule has 1 aromatic rings. The molecule has 0 spiro atoms. The molecule has 0 amide bonds. The van der Waals surface area contributed by atoms with Gasteiger partial charge in [-0.25, -0.2) is 4.57 Å². The van der Waals surface area contributed by atoms with Gasteiger partial charge in [0.25, 0.3) is 0 Å². The summed E-state index contributed by atoms with van der Waals surface area (Å²) in [7, 11) is -4.64. The first-order valence-electron chi connectivity index (χ1n) is 2.48. The summed E-state index contributed by atoms with van der Waals surface area (Å²) in [5.74, 6) is 0. The summed E-state index contributed by atoms with van der Waals surface area (Å²) >= 11 is 1.47. The molecule has 3 N–H and O–H groups in total. The monoisotopic (exact) mass is 348 g/mol. The maximum atomic E-state index is 8.88. The van der Waals surface area contributed by atoms with E-state index in [1.807, 2.05) is 24.5 Å². The average molecular weight is 348 g/mol. The minimum atomic E-state index is -4.64. The Bertz CT molecular complexity index is 222. The second-order valence-corrected chi connectivity index (χ2v) is 4.10. The fraction of sp³-hybridized carbons (Fsp3) is 0. The van der Waals surface area contributed by atoms with Gasteiger partial charge < -0.3 is 14.7 Å². The van der Waals surface area contributed by atoms with Gasteiger partial charge in [0.2, 0.25) is 0 Å². The van der Waals surface area contributed by atoms with Gasteiger partial charge in [-0.15, -0.1) is 0 Å². The Labute approximate surface area is 75.1 Å². The predicted molar refractivity (Wildman–Crippen MR) is 34.1 cm³/mol. The van der Waals surface area contributed by atoms with Crippen LogP contribution in [-0.2, 0) is 24.6 Å². The Morgan fingerprint density at radius 3 is 1.55 bits per heavy atom. The molecule has 0 saturated carbocycles. The molecule has 0 aliphatic heterocycles. The van der Waals surface area contributed by atoms with Gasteiger partial charge >= 0.3 is 55.5 Å². The Morgan fingerprint density at radius 1 is 1.18 bits per heavy atom. The van der Waals surface area contributed by atoms with Crippen molar-refractivity contribution in [1.82, 2.24) is 3.13 Å². The summed E-state index contributed by atoms with van der Waals surface area (Å²) in [4.78, 5) is 21.6. The van der Waals surface area contributed by atoms with Crippen molar-refractivity contribution in [3.63, 3.8) is 0 Å². The second kappa shape index (κ2) is 4.86. The molecule has 1 rings (SSSR count). The van der Waals surface area contributed by atoms with Crippen molar-refractivity contribution in [2.24, 2.45) is 0 Å². The van der Waals surface area contributed by atoms with E-state index in [9.17, 15) is 0 Å². The van der Waals surface area contributed by atoms with Crippen LogP contribution in [0, 0.1) is 0 Å². The third kappa shape index (κ3) is 13.1. The molecule has 1 aromatic heterocycles. The van der Waals surface area contributed by atoms with E-state index in [-0.39, 0.29) is 0 Å². The zero-order valence-electron chi connectivity index (χ0n) is 5.36. The van der Waals surface area contributed by atoms with Crippen molar-refractivity contribution in [1.29, 1.82) is 0 Å². The molecule has 0 aliphatic carbocycles. The van der Waals surface area contributed by atoms with Crippen LogP contribution in [0.15, 0.2) is 24.5 Å². The summed E-state index contributed by atoms with van der Waals surface area (Å²) < 4.78 is 11.0. The molecule has 0 bridgehead atoms. The van der Waals surface area contributed by atoms with Gasteiger partial charge in [-0.1, -0.05) is 0 Å². The molecule has 11 heavy (non-hydrogen) atoms. The van der Waals surface area contributed by atoms with Crippen LogP contribution in [0.3, 0.4) is 0 Å². The van der Waals surface area contributed by atoms with E-state index in [1.54, 1.807) is 0 Å². The first-order chi connectivity index (χ1) is 4.89. The summed E-state index contributed by atoms with van der Waals surface area (Å²) in [5.41, 5.74) is 0. The first kappa shape index (κ1) is 11.1. The summed E-state index contributed by atoms with van der Waals surface area (Å²) in [6, 6.07) is 4.04. The maximum absolute atomic E-state index is 8.88. The van der Waals surface area contributed by atoms with Crippen molar-refractivity contribution in [3.8, 4) is 0 Å². The van der Waals surface area contributed by atoms with Crippen LogP contribution in [0.25, 0.3) is 0 Å². The molecular formula is C4H7NO4PW. The number of nitrogens with zero attached hydrogens (tertiary/aromatic N) is 1. The first-order valence-corrected chi connectivity index (χ1v) is 5.36. The topological polar surface area (TPSA) is 82.7 Å². The van der Waals surface area contributed by atoms with Gasteiger partial charge in [-0.3, -0.25) is 0 Å². The molecule has 0 unspecified atom stereocenters. The van der Waals surface area contributed by atoms with Crippen LogP contribution < -0.4 is 0 Å². The molecule has 0 aromatic carbocycles. The van der Waals surface area contributed by atoms with Crippen molar-refractivity contribution >= 4 is 7.82 Å². The minimum absolute atomic E-state index is 1.47. The van der Waals surface area contributed by atoms with Gasteiger partial charge in [0, 0.05) is 0 Å². The number of hydrogen-bond acceptors (Lipinski definition) is 1. The third-order valence-electron chi connectivity index (χ3n) is 0.577. The third-order valence-corrected chi connectivity index (χ3v) is 1.45. The molecule has 0 aliphatic rings. The molecule has 0 atom stereocenters. The van der Waals surface area contributed by atoms with Crippen LogP contribution in [0.2, 0.25) is 0 Å². The van der Waals surface area contributed by atoms with E-state index < -0.39 is 7.82 Å². The zero-order valence-corrected chi connectivity index (χ0v) is 9.19. The second-order valence-electron chi connectivity index (χ2n) is 1.56. The number of aromatic nitrogens is 1. The molecule has 0 saturated heterocycles. The normalized spacial score (nSPS) is 10.1. The zero-order chi connectivity index (χ0) is 8.91. The van der Waals surface area contributed by atoms with E-state index in [2.05, 4.69) is 3.13 Å². The number of phosphoric acid groups is 1. The van der Waals surface area contributed by atoms with Gasteiger partial charge in [0.05, 0.1) is 0 Å². The summed E-state index contributed by atoms with van der Waals surface area (Å²) in [6.45, 7) is 0. The van der Waals surface area contributed by atoms with E-state index in [0.29, 0.717) is 0 Å². The Hall–Kier alpha value is 0.0783. The van der Waals surface area contributed by atoms with Crippen LogP contribution in [0.5, 0.6) is 0 Å². The number of hydrogen-bond donors (Lipinski definition) is 3. The van der Waals surface area contributed by atoms with Crippen LogP contribution in [0.4, 0.5) is 0 Å². The van der Waals surface area contributed by atoms with Crippen molar-refractivity contribution in [2.75, 3.05) is 0 Å². The van der Waals surface area contributed by atoms with Crippen LogP contribution in [0.1, 0.15) is 0 Å². The average Bonchev–Trinajstić information content (AvgIpc) is 2.12. The molecule has 63 valence electrons. The van der Waals surface area contributed by atoms with E-state index in [0.717, 1.165) is 0 Å². The van der Waals surface area contributed by atoms with E-state index in [1.165, 1.54) is 20.1 Å². The van der Waals surface area contributed by atoms with Gasteiger partial charge in [0.15, 0.2) is 0 Å². The van der Waals surface area contributed by atoms with Gasteiger partial charge in [-0.2, -0.15) is 0 Å². The Morgan fingerprint density at radius 2 is 1.45 bits per heavy atom. The van der Waals surface area contributed by atoms with Crippen LogP contribution >= 0.6 is 7.82 Å². The molecule has 1 heterocycles. The quantitative estimate of drug-likeness (QED) is 0.571. The van der Waals surface area contributed by atoms with Crippen molar-refractivity contribution in [3.05, 3.63) is 24.5 Å². The molecule has 7 heteroatoms. The molecule has 5 nitrogen and oxygen atoms in total. The fourth-order valence-corrected chi connectivity index (χ4v) is 0.824. The molecule has 0 fully saturated rings. The predicted octanol–water partition coefficient (Wildman–Crippen LogP) is -0.131. The van der Waals surface area contributed by atoms with Gasteiger partial charge in [0.1, 0.15) is 0 Å². The van der Waals surface area contributed by atoms with Crippen molar-refractivity contribution < 1.29 is 39.3 Å². The Kier molecular flexibility index (Phi) is 4.89. The molecular weight excluding hydrogens is 341 g/mol. The van der Waals surface area contributed by atoms with Crippen LogP contribution in [-0.4, -0.2) is 17.8 Å². The fourth-order valence-electron chi connectivity index (χ4n) is 0.319. The molecule has 0 radical (unpaired) electrons. The summed E-state index contributed by atoms with van der Waals surface area (Å²) in [5, 5.41) is 0. The Balaban J connectivity index is 0.000000187. The standard InChI is InChI=1S/C4H4N.H3O4P.W/c1-2-4-5-3-1;1-5(2,3)4;/h1-4H;(H3,1,2,3,4);/q-1;;+1. The van der Waals surface area contributed by atoms with Crippen molar-refractivity contribution in [2.45, 2.75) is 0 Å². The SMILES string of the molecule is O=P(O)(O)O.[W][n]1cccc1. The summed E-state index contributed by atoms with van der Waals surface area (Å²) in [6.07, 6.45) is 4.07. The number of rotatable bonds is 0. The van der Waals surface area contributed by atoms with Gasteiger partial charge in [-0.05, 0) is 0 Å². The van der Waals surface area contributed by atoms with E-state index in [4.69, 9.17) is 19.2 Å².